The molecule has 1 unspecified atom stereocenters. The average Bonchev–Trinajstić information content (AvgIpc) is 2.26. The maximum Gasteiger partial charge on any atom is 0.205 e. The van der Waals surface area contributed by atoms with E-state index in [2.05, 4.69) is 36.5 Å². The first kappa shape index (κ1) is 14.2. The summed E-state index contributed by atoms with van der Waals surface area (Å²) in [7, 11) is 0. The third-order valence-corrected chi connectivity index (χ3v) is 2.39. The van der Waals surface area contributed by atoms with Crippen LogP contribution in [0.25, 0.3) is 0 Å². The molecule has 0 aliphatic heterocycles. The first-order valence-corrected chi connectivity index (χ1v) is 6.06. The van der Waals surface area contributed by atoms with Crippen LogP contribution < -0.4 is 16.6 Å². The maximum absolute atomic E-state index is 5.41. The van der Waals surface area contributed by atoms with Crippen molar-refractivity contribution in [3.63, 3.8) is 0 Å². The number of aliphatic imine (C=N–C) groups is 1. The predicted octanol–water partition coefficient (Wildman–Crippen LogP) is 1.77. The highest BCUT2D eigenvalue weighted by molar-refractivity contribution is 5.79. The van der Waals surface area contributed by atoms with Crippen molar-refractivity contribution in [2.24, 2.45) is 10.8 Å². The van der Waals surface area contributed by atoms with E-state index in [4.69, 9.17) is 5.84 Å². The number of nitrogens with one attached hydrogen (secondary N) is 2. The van der Waals surface area contributed by atoms with Gasteiger partial charge in [-0.1, -0.05) is 33.6 Å². The van der Waals surface area contributed by atoms with Crippen LogP contribution in [-0.2, 0) is 0 Å². The number of hydrogen-bond acceptors (Lipinski definition) is 2. The van der Waals surface area contributed by atoms with E-state index in [1.54, 1.807) is 0 Å². The lowest BCUT2D eigenvalue weighted by atomic mass is 10.1. The molecule has 0 rings (SSSR count). The summed E-state index contributed by atoms with van der Waals surface area (Å²) in [6.07, 6.45) is 5.70. The molecule has 0 bridgehead atoms. The molecule has 0 spiro atoms. The van der Waals surface area contributed by atoms with Gasteiger partial charge in [-0.2, -0.15) is 0 Å². The van der Waals surface area contributed by atoms with Crippen molar-refractivity contribution in [1.82, 2.24) is 10.7 Å². The first-order valence-electron chi connectivity index (χ1n) is 6.06. The molecule has 4 heteroatoms. The van der Waals surface area contributed by atoms with Crippen LogP contribution in [0, 0.1) is 0 Å². The molecule has 0 saturated heterocycles. The SMILES string of the molecule is CCCCN=C(NN)NC(CC)CCC. The van der Waals surface area contributed by atoms with Crippen LogP contribution in [0.3, 0.4) is 0 Å². The van der Waals surface area contributed by atoms with E-state index in [0.717, 1.165) is 38.2 Å². The fourth-order valence-electron chi connectivity index (χ4n) is 1.40. The number of hydrogen-bond donors (Lipinski definition) is 3. The van der Waals surface area contributed by atoms with E-state index in [1.807, 2.05) is 0 Å². The lowest BCUT2D eigenvalue weighted by Gasteiger charge is -2.18. The summed E-state index contributed by atoms with van der Waals surface area (Å²) in [6.45, 7) is 7.36. The van der Waals surface area contributed by atoms with Crippen molar-refractivity contribution in [2.45, 2.75) is 58.9 Å². The van der Waals surface area contributed by atoms with Crippen LogP contribution in [0.2, 0.25) is 0 Å². The van der Waals surface area contributed by atoms with Gasteiger partial charge in [0, 0.05) is 12.6 Å². The Hall–Kier alpha value is -0.770. The summed E-state index contributed by atoms with van der Waals surface area (Å²) in [5, 5.41) is 3.33. The molecule has 0 amide bonds. The molecule has 0 heterocycles. The number of guanidine groups is 1. The minimum atomic E-state index is 0.478. The topological polar surface area (TPSA) is 62.4 Å². The van der Waals surface area contributed by atoms with E-state index in [-0.39, 0.29) is 0 Å². The van der Waals surface area contributed by atoms with Crippen molar-refractivity contribution in [3.05, 3.63) is 0 Å². The van der Waals surface area contributed by atoms with E-state index >= 15 is 0 Å². The summed E-state index contributed by atoms with van der Waals surface area (Å²) in [4.78, 5) is 4.37. The van der Waals surface area contributed by atoms with E-state index in [0.29, 0.717) is 6.04 Å². The first-order chi connectivity index (χ1) is 7.28. The zero-order valence-electron chi connectivity index (χ0n) is 10.3. The Labute approximate surface area is 93.7 Å². The number of nitrogens with two attached hydrogens (primary N) is 1. The van der Waals surface area contributed by atoms with Gasteiger partial charge in [-0.05, 0) is 19.3 Å². The van der Waals surface area contributed by atoms with Gasteiger partial charge < -0.3 is 5.32 Å². The molecule has 4 nitrogen and oxygen atoms in total. The van der Waals surface area contributed by atoms with E-state index in [1.165, 1.54) is 6.42 Å². The quantitative estimate of drug-likeness (QED) is 0.199. The Balaban J connectivity index is 3.98. The van der Waals surface area contributed by atoms with Gasteiger partial charge in [0.1, 0.15) is 0 Å². The fraction of sp³-hybridized carbons (Fsp3) is 0.909. The van der Waals surface area contributed by atoms with E-state index < -0.39 is 0 Å². The minimum absolute atomic E-state index is 0.478. The number of hydrazine groups is 1. The molecule has 0 aromatic heterocycles. The zero-order chi connectivity index (χ0) is 11.5. The highest BCUT2D eigenvalue weighted by Gasteiger charge is 2.06. The second kappa shape index (κ2) is 9.77. The summed E-state index contributed by atoms with van der Waals surface area (Å²) in [5.74, 6) is 6.14. The Morgan fingerprint density at radius 1 is 1.27 bits per heavy atom. The van der Waals surface area contributed by atoms with Gasteiger partial charge in [0.15, 0.2) is 0 Å². The lowest BCUT2D eigenvalue weighted by Crippen LogP contribution is -2.46. The highest BCUT2D eigenvalue weighted by atomic mass is 15.3. The second-order valence-corrected chi connectivity index (χ2v) is 3.77. The zero-order valence-corrected chi connectivity index (χ0v) is 10.3. The molecular weight excluding hydrogens is 188 g/mol. The van der Waals surface area contributed by atoms with Crippen molar-refractivity contribution >= 4 is 5.96 Å². The van der Waals surface area contributed by atoms with Crippen LogP contribution in [0.1, 0.15) is 52.9 Å². The van der Waals surface area contributed by atoms with Gasteiger partial charge >= 0.3 is 0 Å². The molecule has 0 fully saturated rings. The highest BCUT2D eigenvalue weighted by Crippen LogP contribution is 2.00. The third-order valence-electron chi connectivity index (χ3n) is 2.39. The monoisotopic (exact) mass is 214 g/mol. The molecular formula is C11H26N4. The summed E-state index contributed by atoms with van der Waals surface area (Å²) >= 11 is 0. The van der Waals surface area contributed by atoms with Crippen molar-refractivity contribution in [2.75, 3.05) is 6.54 Å². The van der Waals surface area contributed by atoms with Gasteiger partial charge in [0.25, 0.3) is 0 Å². The predicted molar refractivity (Wildman–Crippen MR) is 66.7 cm³/mol. The summed E-state index contributed by atoms with van der Waals surface area (Å²) in [5.41, 5.74) is 2.62. The molecule has 0 aromatic carbocycles. The Kier molecular flexibility index (Phi) is 9.27. The van der Waals surface area contributed by atoms with Gasteiger partial charge in [0.2, 0.25) is 5.96 Å². The number of nitrogens with zero attached hydrogens (tertiary/aromatic N) is 1. The molecule has 0 aromatic rings. The molecule has 0 aliphatic rings. The Morgan fingerprint density at radius 3 is 2.47 bits per heavy atom. The number of unbranched alkanes of at least 4 members (excludes halogenated alkanes) is 1. The Bertz CT molecular complexity index is 168. The number of rotatable bonds is 7. The molecule has 4 N–H and O–H groups in total. The summed E-state index contributed by atoms with van der Waals surface area (Å²) in [6, 6.07) is 0.478. The molecule has 0 radical (unpaired) electrons. The second-order valence-electron chi connectivity index (χ2n) is 3.77. The standard InChI is InChI=1S/C11H26N4/c1-4-7-9-13-11(15-12)14-10(6-3)8-5-2/h10H,4-9,12H2,1-3H3,(H2,13,14,15). The van der Waals surface area contributed by atoms with Crippen molar-refractivity contribution in [3.8, 4) is 0 Å². The van der Waals surface area contributed by atoms with Crippen LogP contribution in [0.5, 0.6) is 0 Å². The van der Waals surface area contributed by atoms with Crippen molar-refractivity contribution in [1.29, 1.82) is 0 Å². The van der Waals surface area contributed by atoms with Gasteiger partial charge in [-0.25, -0.2) is 5.84 Å². The van der Waals surface area contributed by atoms with Gasteiger partial charge in [-0.15, -0.1) is 0 Å². The normalized spacial score (nSPS) is 13.7. The molecule has 15 heavy (non-hydrogen) atoms. The van der Waals surface area contributed by atoms with E-state index in [9.17, 15) is 0 Å². The molecule has 1 atom stereocenters. The Morgan fingerprint density at radius 2 is 2.00 bits per heavy atom. The molecule has 90 valence electrons. The van der Waals surface area contributed by atoms with Crippen LogP contribution in [-0.4, -0.2) is 18.5 Å². The van der Waals surface area contributed by atoms with Crippen LogP contribution >= 0.6 is 0 Å². The van der Waals surface area contributed by atoms with Crippen molar-refractivity contribution < 1.29 is 0 Å². The lowest BCUT2D eigenvalue weighted by molar-refractivity contribution is 0.528. The average molecular weight is 214 g/mol. The van der Waals surface area contributed by atoms with Crippen LogP contribution in [0.4, 0.5) is 0 Å². The smallest absolute Gasteiger partial charge is 0.205 e. The minimum Gasteiger partial charge on any atom is -0.353 e. The molecule has 0 saturated carbocycles. The van der Waals surface area contributed by atoms with Gasteiger partial charge in [0.05, 0.1) is 0 Å². The van der Waals surface area contributed by atoms with Crippen LogP contribution in [0.15, 0.2) is 4.99 Å². The summed E-state index contributed by atoms with van der Waals surface area (Å²) < 4.78 is 0. The third kappa shape index (κ3) is 7.19. The fourth-order valence-corrected chi connectivity index (χ4v) is 1.40. The van der Waals surface area contributed by atoms with Gasteiger partial charge in [-0.3, -0.25) is 10.4 Å². The largest absolute Gasteiger partial charge is 0.353 e. The molecule has 0 aliphatic carbocycles. The maximum atomic E-state index is 5.41.